The van der Waals surface area contributed by atoms with Gasteiger partial charge >= 0.3 is 0 Å². The fourth-order valence-electron chi connectivity index (χ4n) is 1.44. The van der Waals surface area contributed by atoms with E-state index in [1.807, 2.05) is 0 Å². The van der Waals surface area contributed by atoms with Gasteiger partial charge in [-0.2, -0.15) is 0 Å². The fraction of sp³-hybridized carbons (Fsp3) is 1.00. The van der Waals surface area contributed by atoms with Gasteiger partial charge in [0.05, 0.1) is 0 Å². The Morgan fingerprint density at radius 1 is 1.00 bits per heavy atom. The molecule has 0 spiro atoms. The van der Waals surface area contributed by atoms with Gasteiger partial charge in [-0.25, -0.2) is 0 Å². The summed E-state index contributed by atoms with van der Waals surface area (Å²) < 4.78 is 0. The molecule has 1 fully saturated rings. The van der Waals surface area contributed by atoms with E-state index >= 15 is 0 Å². The Hall–Kier alpha value is -0.0800. The molecule has 2 nitrogen and oxygen atoms in total. The van der Waals surface area contributed by atoms with Crippen LogP contribution in [0.1, 0.15) is 32.1 Å². The quantitative estimate of drug-likeness (QED) is 0.586. The Kier molecular flexibility index (Phi) is 4.55. The lowest BCUT2D eigenvalue weighted by atomic mass is 10.1. The highest BCUT2D eigenvalue weighted by molar-refractivity contribution is 4.67. The van der Waals surface area contributed by atoms with E-state index in [0.717, 1.165) is 6.54 Å². The highest BCUT2D eigenvalue weighted by Crippen LogP contribution is 2.08. The van der Waals surface area contributed by atoms with Gasteiger partial charge in [-0.1, -0.05) is 12.8 Å². The van der Waals surface area contributed by atoms with Crippen molar-refractivity contribution in [3.05, 3.63) is 0 Å². The molecule has 0 aromatic carbocycles. The SMILES string of the molecule is NCCCCCCN1CCC1. The second kappa shape index (κ2) is 5.56. The van der Waals surface area contributed by atoms with Crippen molar-refractivity contribution in [2.75, 3.05) is 26.2 Å². The Morgan fingerprint density at radius 3 is 2.27 bits per heavy atom. The molecule has 11 heavy (non-hydrogen) atoms. The van der Waals surface area contributed by atoms with Gasteiger partial charge in [0.15, 0.2) is 0 Å². The Bertz CT molecular complexity index is 89.6. The van der Waals surface area contributed by atoms with E-state index in [4.69, 9.17) is 5.73 Å². The maximum Gasteiger partial charge on any atom is -0.000654 e. The minimum absolute atomic E-state index is 0.865. The molecule has 0 atom stereocenters. The van der Waals surface area contributed by atoms with Crippen LogP contribution in [-0.2, 0) is 0 Å². The zero-order valence-corrected chi connectivity index (χ0v) is 7.39. The summed E-state index contributed by atoms with van der Waals surface area (Å²) in [6.07, 6.45) is 6.70. The molecule has 0 saturated carbocycles. The van der Waals surface area contributed by atoms with Gasteiger partial charge in [0.2, 0.25) is 0 Å². The summed E-state index contributed by atoms with van der Waals surface area (Å²) in [6.45, 7) is 4.88. The Balaban J connectivity index is 1.73. The first-order valence-electron chi connectivity index (χ1n) is 4.86. The fourth-order valence-corrected chi connectivity index (χ4v) is 1.44. The normalized spacial score (nSPS) is 18.3. The van der Waals surface area contributed by atoms with Crippen molar-refractivity contribution < 1.29 is 0 Å². The van der Waals surface area contributed by atoms with Crippen LogP contribution in [-0.4, -0.2) is 31.1 Å². The molecule has 1 saturated heterocycles. The summed E-state index contributed by atoms with van der Waals surface area (Å²) in [4.78, 5) is 2.53. The second-order valence-electron chi connectivity index (χ2n) is 3.40. The molecule has 2 N–H and O–H groups in total. The zero-order chi connectivity index (χ0) is 7.94. The third kappa shape index (κ3) is 3.73. The molecule has 1 heterocycles. The molecule has 0 amide bonds. The number of nitrogens with zero attached hydrogens (tertiary/aromatic N) is 1. The first kappa shape index (κ1) is 9.01. The lowest BCUT2D eigenvalue weighted by Gasteiger charge is -2.30. The van der Waals surface area contributed by atoms with Gasteiger partial charge in [-0.15, -0.1) is 0 Å². The van der Waals surface area contributed by atoms with Gasteiger partial charge in [0.1, 0.15) is 0 Å². The van der Waals surface area contributed by atoms with E-state index in [9.17, 15) is 0 Å². The average Bonchev–Trinajstić information content (AvgIpc) is 1.93. The van der Waals surface area contributed by atoms with Crippen molar-refractivity contribution in [1.29, 1.82) is 0 Å². The van der Waals surface area contributed by atoms with E-state index < -0.39 is 0 Å². The Labute approximate surface area is 69.8 Å². The molecule has 1 rings (SSSR count). The van der Waals surface area contributed by atoms with Crippen molar-refractivity contribution in [3.8, 4) is 0 Å². The van der Waals surface area contributed by atoms with Crippen molar-refractivity contribution in [3.63, 3.8) is 0 Å². The number of nitrogens with two attached hydrogens (primary N) is 1. The maximum atomic E-state index is 5.40. The molecule has 0 bridgehead atoms. The molecule has 0 aliphatic carbocycles. The molecule has 66 valence electrons. The summed E-state index contributed by atoms with van der Waals surface area (Å²) in [7, 11) is 0. The number of likely N-dealkylation sites (tertiary alicyclic amines) is 1. The molecule has 0 radical (unpaired) electrons. The molecular formula is C9H20N2. The van der Waals surface area contributed by atoms with Crippen LogP contribution in [0.4, 0.5) is 0 Å². The van der Waals surface area contributed by atoms with Crippen molar-refractivity contribution >= 4 is 0 Å². The predicted octanol–water partition coefficient (Wildman–Crippen LogP) is 1.21. The Morgan fingerprint density at radius 2 is 1.73 bits per heavy atom. The monoisotopic (exact) mass is 156 g/mol. The van der Waals surface area contributed by atoms with Gasteiger partial charge < -0.3 is 10.6 Å². The minimum atomic E-state index is 0.865. The molecule has 2 heteroatoms. The van der Waals surface area contributed by atoms with Gasteiger partial charge in [0.25, 0.3) is 0 Å². The van der Waals surface area contributed by atoms with Crippen LogP contribution in [0, 0.1) is 0 Å². The molecular weight excluding hydrogens is 136 g/mol. The van der Waals surface area contributed by atoms with Crippen molar-refractivity contribution in [1.82, 2.24) is 4.90 Å². The number of unbranched alkanes of at least 4 members (excludes halogenated alkanes) is 3. The van der Waals surface area contributed by atoms with Gasteiger partial charge in [-0.3, -0.25) is 0 Å². The third-order valence-electron chi connectivity index (χ3n) is 2.38. The molecule has 1 aliphatic rings. The third-order valence-corrected chi connectivity index (χ3v) is 2.38. The summed E-state index contributed by atoms with van der Waals surface area (Å²) in [6, 6.07) is 0. The predicted molar refractivity (Wildman–Crippen MR) is 48.6 cm³/mol. The van der Waals surface area contributed by atoms with Crippen LogP contribution in [0.3, 0.4) is 0 Å². The minimum Gasteiger partial charge on any atom is -0.330 e. The van der Waals surface area contributed by atoms with Crippen LogP contribution in [0.2, 0.25) is 0 Å². The van der Waals surface area contributed by atoms with E-state index in [2.05, 4.69) is 4.90 Å². The van der Waals surface area contributed by atoms with Crippen LogP contribution in [0.25, 0.3) is 0 Å². The van der Waals surface area contributed by atoms with E-state index in [1.54, 1.807) is 0 Å². The topological polar surface area (TPSA) is 29.3 Å². The maximum absolute atomic E-state index is 5.40. The van der Waals surface area contributed by atoms with E-state index in [1.165, 1.54) is 51.7 Å². The molecule has 0 unspecified atom stereocenters. The zero-order valence-electron chi connectivity index (χ0n) is 7.39. The van der Waals surface area contributed by atoms with Crippen LogP contribution >= 0.6 is 0 Å². The average molecular weight is 156 g/mol. The highest BCUT2D eigenvalue weighted by atomic mass is 15.2. The number of hydrogen-bond donors (Lipinski definition) is 1. The van der Waals surface area contributed by atoms with Crippen LogP contribution in [0.15, 0.2) is 0 Å². The van der Waals surface area contributed by atoms with Gasteiger partial charge in [-0.05, 0) is 45.4 Å². The lowest BCUT2D eigenvalue weighted by molar-refractivity contribution is 0.177. The van der Waals surface area contributed by atoms with Crippen LogP contribution in [0.5, 0.6) is 0 Å². The molecule has 0 aromatic heterocycles. The van der Waals surface area contributed by atoms with E-state index in [0.29, 0.717) is 0 Å². The van der Waals surface area contributed by atoms with E-state index in [-0.39, 0.29) is 0 Å². The van der Waals surface area contributed by atoms with Gasteiger partial charge in [0, 0.05) is 0 Å². The summed E-state index contributed by atoms with van der Waals surface area (Å²) in [5.41, 5.74) is 5.40. The van der Waals surface area contributed by atoms with Crippen LogP contribution < -0.4 is 5.73 Å². The molecule has 0 aromatic rings. The second-order valence-corrected chi connectivity index (χ2v) is 3.40. The van der Waals surface area contributed by atoms with Crippen molar-refractivity contribution in [2.24, 2.45) is 5.73 Å². The summed E-state index contributed by atoms with van der Waals surface area (Å²) >= 11 is 0. The highest BCUT2D eigenvalue weighted by Gasteiger charge is 2.11. The first-order valence-corrected chi connectivity index (χ1v) is 4.86. The molecule has 1 aliphatic heterocycles. The first-order chi connectivity index (χ1) is 5.43. The summed E-state index contributed by atoms with van der Waals surface area (Å²) in [5, 5.41) is 0. The van der Waals surface area contributed by atoms with Crippen molar-refractivity contribution in [2.45, 2.75) is 32.1 Å². The largest absolute Gasteiger partial charge is 0.330 e. The smallest absolute Gasteiger partial charge is 0.000654 e. The summed E-state index contributed by atoms with van der Waals surface area (Å²) in [5.74, 6) is 0. The lowest BCUT2D eigenvalue weighted by Crippen LogP contribution is -2.37. The number of rotatable bonds is 6. The number of hydrogen-bond acceptors (Lipinski definition) is 2. The standard InChI is InChI=1S/C9H20N2/c10-6-3-1-2-4-7-11-8-5-9-11/h1-10H2.